The number of aromatic amines is 1. The Bertz CT molecular complexity index is 1400. The summed E-state index contributed by atoms with van der Waals surface area (Å²) in [4.78, 5) is 31.6. The van der Waals surface area contributed by atoms with Crippen molar-refractivity contribution in [1.29, 1.82) is 0 Å². The van der Waals surface area contributed by atoms with Gasteiger partial charge >= 0.3 is 0 Å². The highest BCUT2D eigenvalue weighted by molar-refractivity contribution is 5.98. The Kier molecular flexibility index (Phi) is 6.05. The lowest BCUT2D eigenvalue weighted by Gasteiger charge is -2.44. The number of hydrogen-bond donors (Lipinski definition) is 2. The van der Waals surface area contributed by atoms with Crippen molar-refractivity contribution in [1.82, 2.24) is 15.2 Å². The molecule has 3 aromatic carbocycles. The van der Waals surface area contributed by atoms with Gasteiger partial charge in [-0.05, 0) is 41.7 Å². The van der Waals surface area contributed by atoms with Crippen LogP contribution in [0.5, 0.6) is 0 Å². The van der Waals surface area contributed by atoms with Crippen LogP contribution < -0.4 is 5.32 Å². The molecule has 2 heterocycles. The quantitative estimate of drug-likeness (QED) is 0.421. The van der Waals surface area contributed by atoms with Crippen molar-refractivity contribution in [2.75, 3.05) is 20.2 Å². The maximum atomic E-state index is 13.4. The smallest absolute Gasteiger partial charge is 0.270 e. The van der Waals surface area contributed by atoms with Crippen LogP contribution in [0.15, 0.2) is 84.9 Å². The maximum Gasteiger partial charge on any atom is 0.270 e. The fraction of sp³-hybridized carbons (Fsp3) is 0.290. The molecule has 6 nitrogen and oxygen atoms in total. The number of hydrogen-bond acceptors (Lipinski definition) is 3. The van der Waals surface area contributed by atoms with Gasteiger partial charge < -0.3 is 19.9 Å². The van der Waals surface area contributed by atoms with Crippen LogP contribution in [0.4, 0.5) is 0 Å². The molecule has 2 N–H and O–H groups in total. The molecule has 1 aliphatic heterocycles. The van der Waals surface area contributed by atoms with Crippen molar-refractivity contribution in [2.45, 2.75) is 36.8 Å². The minimum absolute atomic E-state index is 0.0171. The second-order valence-corrected chi connectivity index (χ2v) is 10.2. The lowest BCUT2D eigenvalue weighted by Crippen LogP contribution is -2.51. The van der Waals surface area contributed by atoms with Crippen molar-refractivity contribution in [3.05, 3.63) is 107 Å². The Morgan fingerprint density at radius 2 is 1.68 bits per heavy atom. The summed E-state index contributed by atoms with van der Waals surface area (Å²) >= 11 is 0. The third-order valence-corrected chi connectivity index (χ3v) is 8.16. The Balaban J connectivity index is 1.22. The van der Waals surface area contributed by atoms with Crippen molar-refractivity contribution in [2.24, 2.45) is 0 Å². The molecule has 1 fully saturated rings. The number of benzene rings is 3. The van der Waals surface area contributed by atoms with Crippen LogP contribution in [0.2, 0.25) is 0 Å². The van der Waals surface area contributed by atoms with Crippen LogP contribution in [0.1, 0.15) is 46.1 Å². The van der Waals surface area contributed by atoms with Crippen molar-refractivity contribution in [3.8, 4) is 0 Å². The fourth-order valence-electron chi connectivity index (χ4n) is 6.40. The Morgan fingerprint density at radius 1 is 0.973 bits per heavy atom. The van der Waals surface area contributed by atoms with Crippen LogP contribution >= 0.6 is 0 Å². The molecule has 1 aliphatic carbocycles. The number of methoxy groups -OCH3 is 1. The number of ether oxygens (including phenoxy) is 1. The van der Waals surface area contributed by atoms with Gasteiger partial charge in [-0.1, -0.05) is 72.8 Å². The summed E-state index contributed by atoms with van der Waals surface area (Å²) in [5, 5.41) is 4.32. The molecule has 0 unspecified atom stereocenters. The largest absolute Gasteiger partial charge is 0.378 e. The standard InChI is InChI=1S/C31H31N3O3/c1-37-29-28(33-27(35)19-21-9-3-2-4-10-21)23-12-6-7-13-24(23)31(29)15-17-34(18-16-31)30(36)26-20-22-11-5-8-14-25(22)32-26/h2-14,20,28-29,32H,15-19H2,1H3,(H,33,35)/t28-,29+/m1/s1. The van der Waals surface area contributed by atoms with Crippen LogP contribution in [-0.4, -0.2) is 48.0 Å². The van der Waals surface area contributed by atoms with Gasteiger partial charge in [-0.25, -0.2) is 0 Å². The van der Waals surface area contributed by atoms with E-state index in [-0.39, 0.29) is 29.4 Å². The number of piperidine rings is 1. The van der Waals surface area contributed by atoms with E-state index in [1.54, 1.807) is 7.11 Å². The topological polar surface area (TPSA) is 74.4 Å². The lowest BCUT2D eigenvalue weighted by molar-refractivity contribution is -0.122. The predicted octanol–water partition coefficient (Wildman–Crippen LogP) is 4.77. The van der Waals surface area contributed by atoms with E-state index in [2.05, 4.69) is 28.5 Å². The number of aromatic nitrogens is 1. The van der Waals surface area contributed by atoms with Crippen LogP contribution in [0.3, 0.4) is 0 Å². The number of rotatable bonds is 5. The van der Waals surface area contributed by atoms with E-state index < -0.39 is 0 Å². The molecule has 6 heteroatoms. The van der Waals surface area contributed by atoms with Crippen molar-refractivity contribution in [3.63, 3.8) is 0 Å². The summed E-state index contributed by atoms with van der Waals surface area (Å²) in [5.74, 6) is 0.00976. The molecule has 4 aromatic rings. The van der Waals surface area contributed by atoms with Gasteiger partial charge in [0.25, 0.3) is 5.91 Å². The zero-order valence-corrected chi connectivity index (χ0v) is 20.9. The minimum atomic E-state index is -0.257. The first-order chi connectivity index (χ1) is 18.1. The normalized spacial score (nSPS) is 20.2. The van der Waals surface area contributed by atoms with E-state index in [0.717, 1.165) is 34.9 Å². The first-order valence-electron chi connectivity index (χ1n) is 12.9. The van der Waals surface area contributed by atoms with Gasteiger partial charge in [0.2, 0.25) is 5.91 Å². The second-order valence-electron chi connectivity index (χ2n) is 10.2. The first-order valence-corrected chi connectivity index (χ1v) is 12.9. The molecule has 2 amide bonds. The molecular weight excluding hydrogens is 462 g/mol. The molecule has 0 bridgehead atoms. The molecule has 0 saturated carbocycles. The minimum Gasteiger partial charge on any atom is -0.378 e. The van der Waals surface area contributed by atoms with E-state index >= 15 is 0 Å². The van der Waals surface area contributed by atoms with Gasteiger partial charge in [0.05, 0.1) is 18.6 Å². The van der Waals surface area contributed by atoms with Gasteiger partial charge in [-0.3, -0.25) is 9.59 Å². The molecule has 1 saturated heterocycles. The van der Waals surface area contributed by atoms with Gasteiger partial charge in [0, 0.05) is 36.5 Å². The Labute approximate surface area is 216 Å². The number of nitrogens with zero attached hydrogens (tertiary/aromatic N) is 1. The summed E-state index contributed by atoms with van der Waals surface area (Å²) in [5.41, 5.74) is 4.66. The van der Waals surface area contributed by atoms with Crippen LogP contribution in [0, 0.1) is 0 Å². The van der Waals surface area contributed by atoms with Crippen molar-refractivity contribution >= 4 is 22.7 Å². The van der Waals surface area contributed by atoms with E-state index in [9.17, 15) is 9.59 Å². The number of likely N-dealkylation sites (tertiary alicyclic amines) is 1. The molecule has 1 spiro atoms. The van der Waals surface area contributed by atoms with Crippen LogP contribution in [0.25, 0.3) is 10.9 Å². The average Bonchev–Trinajstić information content (AvgIpc) is 3.47. The highest BCUT2D eigenvalue weighted by Crippen LogP contribution is 2.52. The zero-order valence-electron chi connectivity index (χ0n) is 20.9. The van der Waals surface area contributed by atoms with Crippen LogP contribution in [-0.2, 0) is 21.4 Å². The molecular formula is C31H31N3O3. The molecule has 2 aliphatic rings. The van der Waals surface area contributed by atoms with Gasteiger partial charge in [-0.2, -0.15) is 0 Å². The highest BCUT2D eigenvalue weighted by atomic mass is 16.5. The number of fused-ring (bicyclic) bond motifs is 3. The molecule has 37 heavy (non-hydrogen) atoms. The molecule has 2 atom stereocenters. The van der Waals surface area contributed by atoms with E-state index in [1.807, 2.05) is 71.6 Å². The Hall–Kier alpha value is -3.90. The second kappa shape index (κ2) is 9.52. The van der Waals surface area contributed by atoms with E-state index in [4.69, 9.17) is 4.74 Å². The molecule has 188 valence electrons. The summed E-state index contributed by atoms with van der Waals surface area (Å²) in [6, 6.07) is 27.8. The summed E-state index contributed by atoms with van der Waals surface area (Å²) in [6.45, 7) is 1.26. The molecule has 1 aromatic heterocycles. The summed E-state index contributed by atoms with van der Waals surface area (Å²) in [7, 11) is 1.73. The summed E-state index contributed by atoms with van der Waals surface area (Å²) < 4.78 is 6.15. The number of H-pyrrole nitrogens is 1. The number of carbonyl (C=O) groups excluding carboxylic acids is 2. The number of amides is 2. The number of nitrogens with one attached hydrogen (secondary N) is 2. The van der Waals surface area contributed by atoms with Crippen molar-refractivity contribution < 1.29 is 14.3 Å². The summed E-state index contributed by atoms with van der Waals surface area (Å²) in [6.07, 6.45) is 1.68. The SMILES string of the molecule is CO[C@H]1[C@H](NC(=O)Cc2ccccc2)c2ccccc2C12CCN(C(=O)c1cc3ccccc3[nH]1)CC2. The number of para-hydroxylation sites is 1. The van der Waals surface area contributed by atoms with Gasteiger partial charge in [-0.15, -0.1) is 0 Å². The predicted molar refractivity (Wildman–Crippen MR) is 143 cm³/mol. The monoisotopic (exact) mass is 493 g/mol. The average molecular weight is 494 g/mol. The highest BCUT2D eigenvalue weighted by Gasteiger charge is 2.54. The third kappa shape index (κ3) is 4.11. The van der Waals surface area contributed by atoms with Gasteiger partial charge in [0.15, 0.2) is 0 Å². The lowest BCUT2D eigenvalue weighted by atomic mass is 9.71. The van der Waals surface area contributed by atoms with Gasteiger partial charge in [0.1, 0.15) is 5.69 Å². The van der Waals surface area contributed by atoms with E-state index in [1.165, 1.54) is 5.56 Å². The molecule has 0 radical (unpaired) electrons. The number of carbonyl (C=O) groups is 2. The first kappa shape index (κ1) is 23.5. The molecule has 6 rings (SSSR count). The van der Waals surface area contributed by atoms with E-state index in [0.29, 0.717) is 25.2 Å². The fourth-order valence-corrected chi connectivity index (χ4v) is 6.40. The third-order valence-electron chi connectivity index (χ3n) is 8.16. The zero-order chi connectivity index (χ0) is 25.4. The Morgan fingerprint density at radius 3 is 2.43 bits per heavy atom. The maximum absolute atomic E-state index is 13.4.